The van der Waals surface area contributed by atoms with Crippen LogP contribution in [0.3, 0.4) is 0 Å². The Bertz CT molecular complexity index is 3490. The van der Waals surface area contributed by atoms with Crippen molar-refractivity contribution in [1.82, 2.24) is 19.5 Å². The monoisotopic (exact) mass is 704 g/mol. The van der Waals surface area contributed by atoms with Gasteiger partial charge in [-0.3, -0.25) is 4.57 Å². The van der Waals surface area contributed by atoms with E-state index in [9.17, 15) is 0 Å². The van der Waals surface area contributed by atoms with E-state index in [1.54, 1.807) is 0 Å². The van der Waals surface area contributed by atoms with Crippen molar-refractivity contribution in [3.8, 4) is 39.9 Å². The lowest BCUT2D eigenvalue weighted by atomic mass is 9.95. The van der Waals surface area contributed by atoms with Crippen molar-refractivity contribution in [1.29, 1.82) is 0 Å². The Balaban J connectivity index is 1.14. The van der Waals surface area contributed by atoms with E-state index in [1.807, 2.05) is 54.6 Å². The molecule has 6 heteroatoms. The fourth-order valence-electron chi connectivity index (χ4n) is 8.40. The van der Waals surface area contributed by atoms with Gasteiger partial charge in [0, 0.05) is 38.1 Å². The highest BCUT2D eigenvalue weighted by Gasteiger charge is 2.23. The largest absolute Gasteiger partial charge is 0.456 e. The zero-order chi connectivity index (χ0) is 36.0. The standard InChI is InChI=1S/C49H28N4O2/c1-3-13-29(14-4-1)38-28-43-44(35-19-8-7-17-32(35)38)37-25-26-40-45(46(37)55-43)36-20-9-11-21-39(36)53(40)49-51-47(30-15-5-2-6-16-30)50-48(52-49)31-23-24-34-33-18-10-12-22-41(33)54-42(34)27-31/h1-28H. The van der Waals surface area contributed by atoms with Gasteiger partial charge in [0.05, 0.1) is 16.4 Å². The lowest BCUT2D eigenvalue weighted by Gasteiger charge is -2.11. The average Bonchev–Trinajstić information content (AvgIpc) is 3.93. The van der Waals surface area contributed by atoms with Crippen molar-refractivity contribution in [2.24, 2.45) is 0 Å². The number of fused-ring (bicyclic) bond motifs is 12. The third-order valence-corrected chi connectivity index (χ3v) is 10.9. The van der Waals surface area contributed by atoms with Crippen LogP contribution in [0.1, 0.15) is 0 Å². The SMILES string of the molecule is c1ccc(-c2nc(-c3ccc4c(c3)oc3ccccc34)nc(-n3c4ccccc4c4c5oc6cc(-c7ccccc7)c7ccccc7c6c5ccc43)n2)cc1. The number of benzene rings is 8. The second-order valence-corrected chi connectivity index (χ2v) is 14.0. The molecule has 0 aliphatic heterocycles. The van der Waals surface area contributed by atoms with E-state index < -0.39 is 0 Å². The molecule has 0 bridgehead atoms. The first kappa shape index (κ1) is 29.9. The van der Waals surface area contributed by atoms with Gasteiger partial charge < -0.3 is 8.83 Å². The topological polar surface area (TPSA) is 69.9 Å². The number of nitrogens with zero attached hydrogens (tertiary/aromatic N) is 4. The molecule has 4 heterocycles. The normalized spacial score (nSPS) is 12.0. The summed E-state index contributed by atoms with van der Waals surface area (Å²) in [4.78, 5) is 15.4. The molecule has 0 N–H and O–H groups in total. The lowest BCUT2D eigenvalue weighted by Crippen LogP contribution is -2.06. The Morgan fingerprint density at radius 1 is 0.364 bits per heavy atom. The van der Waals surface area contributed by atoms with Crippen LogP contribution in [0, 0.1) is 0 Å². The van der Waals surface area contributed by atoms with Gasteiger partial charge in [0.1, 0.15) is 22.3 Å². The van der Waals surface area contributed by atoms with Crippen LogP contribution in [0.25, 0.3) is 116 Å². The molecule has 0 fully saturated rings. The van der Waals surface area contributed by atoms with Gasteiger partial charge in [0.25, 0.3) is 0 Å². The molecule has 0 spiro atoms. The molecule has 0 saturated carbocycles. The van der Waals surface area contributed by atoms with E-state index in [2.05, 4.69) is 120 Å². The lowest BCUT2D eigenvalue weighted by molar-refractivity contribution is 0.669. The highest BCUT2D eigenvalue weighted by molar-refractivity contribution is 6.29. The highest BCUT2D eigenvalue weighted by atomic mass is 16.3. The summed E-state index contributed by atoms with van der Waals surface area (Å²) in [6.07, 6.45) is 0. The summed E-state index contributed by atoms with van der Waals surface area (Å²) in [6.45, 7) is 0. The molecule has 0 aliphatic carbocycles. The first-order valence-corrected chi connectivity index (χ1v) is 18.4. The van der Waals surface area contributed by atoms with Gasteiger partial charge in [-0.05, 0) is 64.4 Å². The van der Waals surface area contributed by atoms with Crippen LogP contribution < -0.4 is 0 Å². The predicted octanol–water partition coefficient (Wildman–Crippen LogP) is 12.9. The fourth-order valence-corrected chi connectivity index (χ4v) is 8.40. The summed E-state index contributed by atoms with van der Waals surface area (Å²) in [7, 11) is 0. The van der Waals surface area contributed by atoms with Crippen LogP contribution in [0.5, 0.6) is 0 Å². The van der Waals surface area contributed by atoms with Gasteiger partial charge in [-0.25, -0.2) is 4.98 Å². The van der Waals surface area contributed by atoms with E-state index in [4.69, 9.17) is 23.8 Å². The van der Waals surface area contributed by atoms with E-state index in [1.165, 1.54) is 5.39 Å². The fraction of sp³-hybridized carbons (Fsp3) is 0. The molecule has 256 valence electrons. The number of aromatic nitrogens is 4. The molecule has 0 unspecified atom stereocenters. The third kappa shape index (κ3) is 4.46. The molecule has 0 amide bonds. The predicted molar refractivity (Wildman–Crippen MR) is 223 cm³/mol. The molecule has 12 rings (SSSR count). The molecule has 4 aromatic heterocycles. The van der Waals surface area contributed by atoms with Gasteiger partial charge in [-0.15, -0.1) is 0 Å². The minimum Gasteiger partial charge on any atom is -0.456 e. The second-order valence-electron chi connectivity index (χ2n) is 14.0. The maximum absolute atomic E-state index is 6.97. The quantitative estimate of drug-likeness (QED) is 0.182. The number of para-hydroxylation sites is 2. The van der Waals surface area contributed by atoms with E-state index >= 15 is 0 Å². The van der Waals surface area contributed by atoms with Gasteiger partial charge >= 0.3 is 0 Å². The minimum absolute atomic E-state index is 0.520. The van der Waals surface area contributed by atoms with Crippen LogP contribution in [-0.4, -0.2) is 19.5 Å². The van der Waals surface area contributed by atoms with Crippen molar-refractivity contribution < 1.29 is 8.83 Å². The van der Waals surface area contributed by atoms with Crippen molar-refractivity contribution >= 4 is 76.5 Å². The van der Waals surface area contributed by atoms with Gasteiger partial charge in [-0.2, -0.15) is 9.97 Å². The van der Waals surface area contributed by atoms with E-state index in [0.29, 0.717) is 17.6 Å². The van der Waals surface area contributed by atoms with Crippen molar-refractivity contribution in [3.63, 3.8) is 0 Å². The number of furan rings is 2. The van der Waals surface area contributed by atoms with Gasteiger partial charge in [0.15, 0.2) is 11.6 Å². The molecular weight excluding hydrogens is 677 g/mol. The Hall–Kier alpha value is -7.57. The molecule has 12 aromatic rings. The number of hydrogen-bond acceptors (Lipinski definition) is 5. The Labute approximate surface area is 313 Å². The molecule has 6 nitrogen and oxygen atoms in total. The molecule has 55 heavy (non-hydrogen) atoms. The highest BCUT2D eigenvalue weighted by Crippen LogP contribution is 2.44. The first-order chi connectivity index (χ1) is 27.3. The zero-order valence-electron chi connectivity index (χ0n) is 29.3. The summed E-state index contributed by atoms with van der Waals surface area (Å²) < 4.78 is 15.4. The minimum atomic E-state index is 0.520. The summed E-state index contributed by atoms with van der Waals surface area (Å²) in [5.41, 5.74) is 9.30. The Morgan fingerprint density at radius 2 is 1.00 bits per heavy atom. The smallest absolute Gasteiger partial charge is 0.238 e. The molecular formula is C49H28N4O2. The van der Waals surface area contributed by atoms with Crippen molar-refractivity contribution in [3.05, 3.63) is 170 Å². The zero-order valence-corrected chi connectivity index (χ0v) is 29.3. The van der Waals surface area contributed by atoms with Crippen LogP contribution >= 0.6 is 0 Å². The molecule has 0 atom stereocenters. The number of rotatable bonds is 4. The molecule has 0 saturated heterocycles. The van der Waals surface area contributed by atoms with E-state index in [-0.39, 0.29) is 0 Å². The average molecular weight is 705 g/mol. The van der Waals surface area contributed by atoms with E-state index in [0.717, 1.165) is 93.3 Å². The van der Waals surface area contributed by atoms with Gasteiger partial charge in [0.2, 0.25) is 5.95 Å². The summed E-state index contributed by atoms with van der Waals surface area (Å²) >= 11 is 0. The summed E-state index contributed by atoms with van der Waals surface area (Å²) in [6, 6.07) is 58.5. The summed E-state index contributed by atoms with van der Waals surface area (Å²) in [5.74, 6) is 1.66. The van der Waals surface area contributed by atoms with Gasteiger partial charge in [-0.1, -0.05) is 127 Å². The van der Waals surface area contributed by atoms with Crippen LogP contribution in [0.4, 0.5) is 0 Å². The summed E-state index contributed by atoms with van der Waals surface area (Å²) in [5, 5.41) is 8.74. The van der Waals surface area contributed by atoms with Crippen LogP contribution in [0.2, 0.25) is 0 Å². The Morgan fingerprint density at radius 3 is 1.82 bits per heavy atom. The van der Waals surface area contributed by atoms with Crippen LogP contribution in [0.15, 0.2) is 179 Å². The third-order valence-electron chi connectivity index (χ3n) is 10.9. The second kappa shape index (κ2) is 11.5. The molecule has 0 aliphatic rings. The van der Waals surface area contributed by atoms with Crippen molar-refractivity contribution in [2.45, 2.75) is 0 Å². The maximum atomic E-state index is 6.97. The van der Waals surface area contributed by atoms with Crippen molar-refractivity contribution in [2.75, 3.05) is 0 Å². The first-order valence-electron chi connectivity index (χ1n) is 18.4. The maximum Gasteiger partial charge on any atom is 0.238 e. The molecule has 0 radical (unpaired) electrons. The van der Waals surface area contributed by atoms with Crippen LogP contribution in [-0.2, 0) is 0 Å². The molecule has 8 aromatic carbocycles. The Kier molecular flexibility index (Phi) is 6.24. The number of hydrogen-bond donors (Lipinski definition) is 0.